The standard InChI is InChI=1S/C11H9F3N2OS/c12-11(13,14)7-16-10(17)8-3-1-2-4-9(8)18-6-5-15/h1-4H,6-7H2,(H,16,17). The van der Waals surface area contributed by atoms with Crippen LogP contribution in [0.3, 0.4) is 0 Å². The van der Waals surface area contributed by atoms with Crippen LogP contribution in [0, 0.1) is 11.3 Å². The highest BCUT2D eigenvalue weighted by molar-refractivity contribution is 7.99. The number of hydrogen-bond acceptors (Lipinski definition) is 3. The molecule has 0 heterocycles. The smallest absolute Gasteiger partial charge is 0.343 e. The maximum absolute atomic E-state index is 12.0. The van der Waals surface area contributed by atoms with Gasteiger partial charge in [-0.2, -0.15) is 18.4 Å². The van der Waals surface area contributed by atoms with Gasteiger partial charge < -0.3 is 5.32 Å². The third kappa shape index (κ3) is 4.67. The Hall–Kier alpha value is -1.68. The highest BCUT2D eigenvalue weighted by Gasteiger charge is 2.28. The Balaban J connectivity index is 2.76. The van der Waals surface area contributed by atoms with E-state index in [1.807, 2.05) is 6.07 Å². The summed E-state index contributed by atoms with van der Waals surface area (Å²) in [5, 5.41) is 10.2. The Morgan fingerprint density at radius 3 is 2.67 bits per heavy atom. The monoisotopic (exact) mass is 274 g/mol. The van der Waals surface area contributed by atoms with Crippen LogP contribution in [-0.4, -0.2) is 24.4 Å². The van der Waals surface area contributed by atoms with Crippen molar-refractivity contribution in [3.63, 3.8) is 0 Å². The van der Waals surface area contributed by atoms with Crippen molar-refractivity contribution in [2.24, 2.45) is 0 Å². The topological polar surface area (TPSA) is 52.9 Å². The predicted octanol–water partition coefficient (Wildman–Crippen LogP) is 2.59. The second-order valence-corrected chi connectivity index (χ2v) is 4.26. The second-order valence-electron chi connectivity index (χ2n) is 3.24. The molecule has 0 aliphatic rings. The van der Waals surface area contributed by atoms with Gasteiger partial charge in [-0.25, -0.2) is 0 Å². The number of carbonyl (C=O) groups is 1. The number of nitriles is 1. The Kier molecular flexibility index (Phi) is 5.04. The Morgan fingerprint density at radius 2 is 2.06 bits per heavy atom. The molecule has 0 fully saturated rings. The van der Waals surface area contributed by atoms with Gasteiger partial charge in [0.2, 0.25) is 0 Å². The van der Waals surface area contributed by atoms with Gasteiger partial charge in [0.15, 0.2) is 0 Å². The van der Waals surface area contributed by atoms with Gasteiger partial charge in [-0.05, 0) is 12.1 Å². The van der Waals surface area contributed by atoms with E-state index >= 15 is 0 Å². The van der Waals surface area contributed by atoms with Gasteiger partial charge in [0, 0.05) is 4.90 Å². The molecule has 3 nitrogen and oxygen atoms in total. The molecular weight excluding hydrogens is 265 g/mol. The van der Waals surface area contributed by atoms with Gasteiger partial charge >= 0.3 is 6.18 Å². The van der Waals surface area contributed by atoms with Crippen LogP contribution in [0.25, 0.3) is 0 Å². The normalized spacial score (nSPS) is 10.8. The molecule has 18 heavy (non-hydrogen) atoms. The van der Waals surface area contributed by atoms with E-state index in [0.717, 1.165) is 11.8 Å². The molecule has 0 aliphatic heterocycles. The lowest BCUT2D eigenvalue weighted by atomic mass is 10.2. The Labute approximate surface area is 106 Å². The van der Waals surface area contributed by atoms with E-state index in [2.05, 4.69) is 0 Å². The fourth-order valence-corrected chi connectivity index (χ4v) is 1.88. The number of alkyl halides is 3. The fourth-order valence-electron chi connectivity index (χ4n) is 1.17. The van der Waals surface area contributed by atoms with Crippen molar-refractivity contribution in [1.82, 2.24) is 5.32 Å². The highest BCUT2D eigenvalue weighted by atomic mass is 32.2. The van der Waals surface area contributed by atoms with Gasteiger partial charge in [-0.1, -0.05) is 12.1 Å². The van der Waals surface area contributed by atoms with Crippen molar-refractivity contribution in [2.45, 2.75) is 11.1 Å². The number of hydrogen-bond donors (Lipinski definition) is 1. The van der Waals surface area contributed by atoms with E-state index in [1.54, 1.807) is 23.5 Å². The average molecular weight is 274 g/mol. The molecule has 0 radical (unpaired) electrons. The lowest BCUT2D eigenvalue weighted by Gasteiger charge is -2.10. The summed E-state index contributed by atoms with van der Waals surface area (Å²) in [7, 11) is 0. The number of amides is 1. The summed E-state index contributed by atoms with van der Waals surface area (Å²) in [5.74, 6) is -0.669. The van der Waals surface area contributed by atoms with Crippen LogP contribution in [0.4, 0.5) is 13.2 Å². The van der Waals surface area contributed by atoms with Crippen LogP contribution in [0.1, 0.15) is 10.4 Å². The fraction of sp³-hybridized carbons (Fsp3) is 0.273. The van der Waals surface area contributed by atoms with E-state index in [4.69, 9.17) is 5.26 Å². The molecule has 0 unspecified atom stereocenters. The van der Waals surface area contributed by atoms with E-state index < -0.39 is 18.6 Å². The first kappa shape index (κ1) is 14.4. The van der Waals surface area contributed by atoms with Crippen LogP contribution < -0.4 is 5.32 Å². The summed E-state index contributed by atoms with van der Waals surface area (Å²) in [6.45, 7) is -1.37. The van der Waals surface area contributed by atoms with Crippen molar-refractivity contribution < 1.29 is 18.0 Å². The van der Waals surface area contributed by atoms with Crippen LogP contribution in [-0.2, 0) is 0 Å². The van der Waals surface area contributed by atoms with Gasteiger partial charge in [0.1, 0.15) is 6.54 Å². The SMILES string of the molecule is N#CCSc1ccccc1C(=O)NCC(F)(F)F. The second kappa shape index (κ2) is 6.31. The number of halogens is 3. The molecular formula is C11H9F3N2OS. The molecule has 96 valence electrons. The first-order chi connectivity index (χ1) is 8.44. The lowest BCUT2D eigenvalue weighted by Crippen LogP contribution is -2.33. The summed E-state index contributed by atoms with van der Waals surface area (Å²) >= 11 is 1.11. The van der Waals surface area contributed by atoms with Crippen molar-refractivity contribution in [1.29, 1.82) is 5.26 Å². The molecule has 0 spiro atoms. The summed E-state index contributed by atoms with van der Waals surface area (Å²) in [6.07, 6.45) is -4.44. The maximum atomic E-state index is 12.0. The van der Waals surface area contributed by atoms with Crippen molar-refractivity contribution in [3.8, 4) is 6.07 Å². The number of nitrogens with zero attached hydrogens (tertiary/aromatic N) is 1. The van der Waals surface area contributed by atoms with E-state index in [-0.39, 0.29) is 11.3 Å². The van der Waals surface area contributed by atoms with E-state index in [1.165, 1.54) is 6.07 Å². The Bertz CT molecular complexity index is 468. The first-order valence-corrected chi connectivity index (χ1v) is 5.86. The number of rotatable bonds is 4. The zero-order chi connectivity index (χ0) is 13.6. The van der Waals surface area contributed by atoms with Gasteiger partial charge in [-0.15, -0.1) is 11.8 Å². The van der Waals surface area contributed by atoms with Gasteiger partial charge in [0.05, 0.1) is 17.4 Å². The lowest BCUT2D eigenvalue weighted by molar-refractivity contribution is -0.123. The van der Waals surface area contributed by atoms with Crippen LogP contribution >= 0.6 is 11.8 Å². The number of benzene rings is 1. The van der Waals surface area contributed by atoms with Crippen LogP contribution in [0.2, 0.25) is 0 Å². The molecule has 1 rings (SSSR count). The summed E-state index contributed by atoms with van der Waals surface area (Å²) < 4.78 is 35.9. The molecule has 0 aromatic heterocycles. The zero-order valence-corrected chi connectivity index (χ0v) is 9.94. The summed E-state index contributed by atoms with van der Waals surface area (Å²) in [5.41, 5.74) is 0.141. The minimum atomic E-state index is -4.44. The molecule has 1 amide bonds. The largest absolute Gasteiger partial charge is 0.405 e. The zero-order valence-electron chi connectivity index (χ0n) is 9.12. The predicted molar refractivity (Wildman–Crippen MR) is 61.2 cm³/mol. The van der Waals surface area contributed by atoms with Crippen molar-refractivity contribution in [3.05, 3.63) is 29.8 Å². The molecule has 1 N–H and O–H groups in total. The van der Waals surface area contributed by atoms with Crippen LogP contribution in [0.5, 0.6) is 0 Å². The third-order valence-corrected chi connectivity index (χ3v) is 2.81. The third-order valence-electron chi connectivity index (χ3n) is 1.87. The van der Waals surface area contributed by atoms with Gasteiger partial charge in [0.25, 0.3) is 5.91 Å². The first-order valence-electron chi connectivity index (χ1n) is 4.88. The molecule has 0 atom stereocenters. The minimum absolute atomic E-state index is 0.129. The number of nitrogens with one attached hydrogen (secondary N) is 1. The summed E-state index contributed by atoms with van der Waals surface area (Å²) in [6, 6.07) is 8.11. The van der Waals surface area contributed by atoms with Crippen molar-refractivity contribution >= 4 is 17.7 Å². The summed E-state index contributed by atoms with van der Waals surface area (Å²) in [4.78, 5) is 12.1. The quantitative estimate of drug-likeness (QED) is 0.859. The molecule has 1 aromatic carbocycles. The minimum Gasteiger partial charge on any atom is -0.343 e. The molecule has 0 aliphatic carbocycles. The van der Waals surface area contributed by atoms with Crippen LogP contribution in [0.15, 0.2) is 29.2 Å². The van der Waals surface area contributed by atoms with E-state index in [0.29, 0.717) is 4.90 Å². The molecule has 0 saturated heterocycles. The number of carbonyl (C=O) groups excluding carboxylic acids is 1. The average Bonchev–Trinajstić information content (AvgIpc) is 2.33. The Morgan fingerprint density at radius 1 is 1.39 bits per heavy atom. The highest BCUT2D eigenvalue weighted by Crippen LogP contribution is 2.22. The molecule has 7 heteroatoms. The maximum Gasteiger partial charge on any atom is 0.405 e. The molecule has 1 aromatic rings. The molecule has 0 bridgehead atoms. The van der Waals surface area contributed by atoms with Crippen molar-refractivity contribution in [2.75, 3.05) is 12.3 Å². The number of thioether (sulfide) groups is 1. The van der Waals surface area contributed by atoms with Gasteiger partial charge in [-0.3, -0.25) is 4.79 Å². The van der Waals surface area contributed by atoms with E-state index in [9.17, 15) is 18.0 Å². The molecule has 0 saturated carbocycles.